The van der Waals surface area contributed by atoms with Gasteiger partial charge in [0.2, 0.25) is 0 Å². The van der Waals surface area contributed by atoms with Crippen LogP contribution in [-0.2, 0) is 12.8 Å². The summed E-state index contributed by atoms with van der Waals surface area (Å²) >= 11 is 0. The zero-order valence-electron chi connectivity index (χ0n) is 9.95. The third kappa shape index (κ3) is 3.64. The van der Waals surface area contributed by atoms with Crippen LogP contribution in [0.2, 0.25) is 0 Å². The molecule has 0 aliphatic carbocycles. The maximum atomic E-state index is 12.5. The molecule has 2 aromatic rings. The highest BCUT2D eigenvalue weighted by Gasteiger charge is 2.30. The first kappa shape index (κ1) is 13.3. The molecule has 0 unspecified atom stereocenters. The first-order valence-electron chi connectivity index (χ1n) is 5.59. The van der Waals surface area contributed by atoms with Crippen LogP contribution in [0.1, 0.15) is 11.1 Å². The van der Waals surface area contributed by atoms with Gasteiger partial charge in [0.15, 0.2) is 0 Å². The monoisotopic (exact) mass is 267 g/mol. The Bertz CT molecular complexity index is 567. The second-order valence-corrected chi connectivity index (χ2v) is 4.06. The molecule has 0 amide bonds. The van der Waals surface area contributed by atoms with Crippen molar-refractivity contribution < 1.29 is 17.9 Å². The summed E-state index contributed by atoms with van der Waals surface area (Å²) in [5.41, 5.74) is 6.27. The fourth-order valence-electron chi connectivity index (χ4n) is 1.61. The van der Waals surface area contributed by atoms with E-state index in [2.05, 4.69) is 0 Å². The fraction of sp³-hybridized carbons (Fsp3) is 0.143. The van der Waals surface area contributed by atoms with Crippen LogP contribution in [0, 0.1) is 0 Å². The normalized spacial score (nSPS) is 11.3. The average Bonchev–Trinajstić information content (AvgIpc) is 2.36. The SMILES string of the molecule is Nc1cccc(COc2cccc(C(F)(F)F)c2)c1. The molecule has 0 aliphatic heterocycles. The molecule has 0 atom stereocenters. The van der Waals surface area contributed by atoms with Crippen LogP contribution in [-0.4, -0.2) is 0 Å². The summed E-state index contributed by atoms with van der Waals surface area (Å²) in [6.45, 7) is 0.173. The van der Waals surface area contributed by atoms with Crippen molar-refractivity contribution in [1.82, 2.24) is 0 Å². The van der Waals surface area contributed by atoms with Crippen molar-refractivity contribution in [2.75, 3.05) is 5.73 Å². The number of halogens is 3. The molecule has 2 N–H and O–H groups in total. The second kappa shape index (κ2) is 5.22. The van der Waals surface area contributed by atoms with Gasteiger partial charge in [0.25, 0.3) is 0 Å². The number of nitrogens with two attached hydrogens (primary N) is 1. The standard InChI is InChI=1S/C14H12F3NO/c15-14(16,17)11-4-2-6-13(8-11)19-9-10-3-1-5-12(18)7-10/h1-8H,9,18H2. The fourth-order valence-corrected chi connectivity index (χ4v) is 1.61. The van der Waals surface area contributed by atoms with Crippen LogP contribution in [0.3, 0.4) is 0 Å². The number of benzene rings is 2. The first-order valence-corrected chi connectivity index (χ1v) is 5.59. The highest BCUT2D eigenvalue weighted by Crippen LogP contribution is 2.31. The van der Waals surface area contributed by atoms with Crippen molar-refractivity contribution >= 4 is 5.69 Å². The molecule has 0 saturated carbocycles. The summed E-state index contributed by atoms with van der Waals surface area (Å²) in [4.78, 5) is 0. The molecule has 0 bridgehead atoms. The van der Waals surface area contributed by atoms with Gasteiger partial charge in [0.05, 0.1) is 5.56 Å². The molecule has 0 spiro atoms. The van der Waals surface area contributed by atoms with Gasteiger partial charge in [-0.25, -0.2) is 0 Å². The molecule has 0 saturated heterocycles. The van der Waals surface area contributed by atoms with E-state index in [9.17, 15) is 13.2 Å². The topological polar surface area (TPSA) is 35.2 Å². The van der Waals surface area contributed by atoms with E-state index in [1.54, 1.807) is 24.3 Å². The van der Waals surface area contributed by atoms with Crippen LogP contribution in [0.5, 0.6) is 5.75 Å². The number of hydrogen-bond donors (Lipinski definition) is 1. The summed E-state index contributed by atoms with van der Waals surface area (Å²) in [6, 6.07) is 11.8. The molecule has 0 heterocycles. The second-order valence-electron chi connectivity index (χ2n) is 4.06. The van der Waals surface area contributed by atoms with Crippen molar-refractivity contribution in [1.29, 1.82) is 0 Å². The van der Waals surface area contributed by atoms with Crippen LogP contribution in [0.15, 0.2) is 48.5 Å². The van der Waals surface area contributed by atoms with E-state index in [1.807, 2.05) is 0 Å². The van der Waals surface area contributed by atoms with Gasteiger partial charge in [-0.1, -0.05) is 18.2 Å². The summed E-state index contributed by atoms with van der Waals surface area (Å²) in [5.74, 6) is 0.178. The Labute approximate surface area is 108 Å². The Hall–Kier alpha value is -2.17. The molecule has 2 nitrogen and oxygen atoms in total. The molecule has 0 radical (unpaired) electrons. The minimum absolute atomic E-state index is 0.173. The number of ether oxygens (including phenoxy) is 1. The summed E-state index contributed by atoms with van der Waals surface area (Å²) < 4.78 is 42.9. The van der Waals surface area contributed by atoms with Crippen molar-refractivity contribution in [3.05, 3.63) is 59.7 Å². The minimum Gasteiger partial charge on any atom is -0.489 e. The summed E-state index contributed by atoms with van der Waals surface area (Å²) in [5, 5.41) is 0. The Morgan fingerprint density at radius 3 is 2.42 bits per heavy atom. The Balaban J connectivity index is 2.08. The molecule has 0 aliphatic rings. The molecular formula is C14H12F3NO. The largest absolute Gasteiger partial charge is 0.489 e. The zero-order valence-corrected chi connectivity index (χ0v) is 9.95. The predicted octanol–water partition coefficient (Wildman–Crippen LogP) is 3.87. The van der Waals surface area contributed by atoms with Gasteiger partial charge in [-0.15, -0.1) is 0 Å². The van der Waals surface area contributed by atoms with E-state index >= 15 is 0 Å². The maximum Gasteiger partial charge on any atom is 0.416 e. The lowest BCUT2D eigenvalue weighted by molar-refractivity contribution is -0.137. The van der Waals surface area contributed by atoms with E-state index in [0.717, 1.165) is 17.7 Å². The number of nitrogen functional groups attached to an aromatic ring is 1. The number of alkyl halides is 3. The van der Waals surface area contributed by atoms with E-state index in [4.69, 9.17) is 10.5 Å². The molecular weight excluding hydrogens is 255 g/mol. The Morgan fingerprint density at radius 1 is 1.00 bits per heavy atom. The maximum absolute atomic E-state index is 12.5. The molecule has 2 aromatic carbocycles. The van der Waals surface area contributed by atoms with Gasteiger partial charge >= 0.3 is 6.18 Å². The highest BCUT2D eigenvalue weighted by molar-refractivity contribution is 5.40. The van der Waals surface area contributed by atoms with Gasteiger partial charge in [-0.3, -0.25) is 0 Å². The quantitative estimate of drug-likeness (QED) is 0.857. The van der Waals surface area contributed by atoms with Gasteiger partial charge in [0, 0.05) is 5.69 Å². The lowest BCUT2D eigenvalue weighted by Crippen LogP contribution is -2.05. The number of anilines is 1. The van der Waals surface area contributed by atoms with Crippen molar-refractivity contribution in [3.8, 4) is 5.75 Å². The van der Waals surface area contributed by atoms with Crippen molar-refractivity contribution in [2.45, 2.75) is 12.8 Å². The van der Waals surface area contributed by atoms with Gasteiger partial charge < -0.3 is 10.5 Å². The van der Waals surface area contributed by atoms with Gasteiger partial charge in [0.1, 0.15) is 12.4 Å². The smallest absolute Gasteiger partial charge is 0.416 e. The minimum atomic E-state index is -4.36. The van der Waals surface area contributed by atoms with E-state index in [-0.39, 0.29) is 12.4 Å². The predicted molar refractivity (Wildman–Crippen MR) is 66.6 cm³/mol. The van der Waals surface area contributed by atoms with E-state index < -0.39 is 11.7 Å². The third-order valence-corrected chi connectivity index (χ3v) is 2.52. The van der Waals surface area contributed by atoms with Crippen molar-refractivity contribution in [2.24, 2.45) is 0 Å². The van der Waals surface area contributed by atoms with Crippen LogP contribution in [0.4, 0.5) is 18.9 Å². The van der Waals surface area contributed by atoms with Gasteiger partial charge in [-0.05, 0) is 35.9 Å². The molecule has 0 fully saturated rings. The van der Waals surface area contributed by atoms with Crippen LogP contribution < -0.4 is 10.5 Å². The van der Waals surface area contributed by atoms with E-state index in [0.29, 0.717) is 5.69 Å². The number of rotatable bonds is 3. The third-order valence-electron chi connectivity index (χ3n) is 2.52. The van der Waals surface area contributed by atoms with Crippen molar-refractivity contribution in [3.63, 3.8) is 0 Å². The Morgan fingerprint density at radius 2 is 1.74 bits per heavy atom. The average molecular weight is 267 g/mol. The molecule has 100 valence electrons. The molecule has 5 heteroatoms. The lowest BCUT2D eigenvalue weighted by atomic mass is 10.2. The first-order chi connectivity index (χ1) is 8.95. The van der Waals surface area contributed by atoms with E-state index in [1.165, 1.54) is 12.1 Å². The molecule has 19 heavy (non-hydrogen) atoms. The zero-order chi connectivity index (χ0) is 13.9. The van der Waals surface area contributed by atoms with Crippen LogP contribution in [0.25, 0.3) is 0 Å². The Kier molecular flexibility index (Phi) is 3.64. The highest BCUT2D eigenvalue weighted by atomic mass is 19.4. The summed E-state index contributed by atoms with van der Waals surface area (Å²) in [7, 11) is 0. The number of hydrogen-bond acceptors (Lipinski definition) is 2. The van der Waals surface area contributed by atoms with Crippen LogP contribution >= 0.6 is 0 Å². The molecule has 0 aromatic heterocycles. The summed E-state index contributed by atoms with van der Waals surface area (Å²) in [6.07, 6.45) is -4.36. The molecule has 2 rings (SSSR count). The van der Waals surface area contributed by atoms with Gasteiger partial charge in [-0.2, -0.15) is 13.2 Å². The lowest BCUT2D eigenvalue weighted by Gasteiger charge is -2.10.